The van der Waals surface area contributed by atoms with Crippen LogP contribution in [0.5, 0.6) is 5.75 Å². The Morgan fingerprint density at radius 2 is 0.600 bits per heavy atom. The van der Waals surface area contributed by atoms with Gasteiger partial charge in [0.25, 0.3) is 0 Å². The number of aldehydes is 1. The summed E-state index contributed by atoms with van der Waals surface area (Å²) >= 11 is 0. The molecule has 0 aliphatic heterocycles. The number of fused-ring (bicyclic) bond motifs is 6. The zero-order valence-corrected chi connectivity index (χ0v) is 43.9. The largest absolute Gasteiger partial charge is 0.497 e. The van der Waals surface area contributed by atoms with Crippen molar-refractivity contribution in [2.45, 2.75) is 0 Å². The third-order valence-electron chi connectivity index (χ3n) is 15.5. The average molecular weight is 1030 g/mol. The van der Waals surface area contributed by atoms with Crippen molar-refractivity contribution in [3.05, 3.63) is 297 Å². The molecule has 6 nitrogen and oxygen atoms in total. The molecule has 0 amide bonds. The molecule has 0 unspecified atom stereocenters. The molecule has 0 radical (unpaired) electrons. The molecule has 2 heterocycles. The van der Waals surface area contributed by atoms with Gasteiger partial charge in [0.1, 0.15) is 12.0 Å². The van der Waals surface area contributed by atoms with Gasteiger partial charge in [-0.1, -0.05) is 158 Å². The molecule has 380 valence electrons. The van der Waals surface area contributed by atoms with Crippen molar-refractivity contribution in [3.8, 4) is 50.5 Å². The van der Waals surface area contributed by atoms with Crippen LogP contribution >= 0.6 is 0 Å². The molecule has 0 saturated heterocycles. The monoisotopic (exact) mass is 1030 g/mol. The first-order valence-electron chi connectivity index (χ1n) is 27.0. The SMILES string of the molecule is COc1ccc(-c2ccc(N(c3ccc(-c4ccc(N(c5ccc(-c6ccc(C=O)cc6)cc5)c5ccc6c(c5)c5ccccc5n6-c5ccccc5)cc4)cc3)c3ccc4c(c3)c3ccccc3n4-c3ccccc3)cc2)cc1. The maximum absolute atomic E-state index is 11.5. The average Bonchev–Trinajstić information content (AvgIpc) is 4.28. The fourth-order valence-electron chi connectivity index (χ4n) is 11.6. The van der Waals surface area contributed by atoms with Gasteiger partial charge < -0.3 is 23.7 Å². The summed E-state index contributed by atoms with van der Waals surface area (Å²) in [7, 11) is 1.70. The van der Waals surface area contributed by atoms with E-state index < -0.39 is 0 Å². The van der Waals surface area contributed by atoms with Gasteiger partial charge in [-0.05, 0) is 167 Å². The van der Waals surface area contributed by atoms with Crippen LogP contribution in [0.4, 0.5) is 34.1 Å². The first-order valence-corrected chi connectivity index (χ1v) is 27.0. The minimum absolute atomic E-state index is 0.659. The fourth-order valence-corrected chi connectivity index (χ4v) is 11.6. The molecule has 0 bridgehead atoms. The highest BCUT2D eigenvalue weighted by atomic mass is 16.5. The Morgan fingerprint density at radius 3 is 0.950 bits per heavy atom. The van der Waals surface area contributed by atoms with Crippen LogP contribution < -0.4 is 14.5 Å². The number of rotatable bonds is 13. The zero-order chi connectivity index (χ0) is 53.5. The lowest BCUT2D eigenvalue weighted by Crippen LogP contribution is -2.10. The molecular formula is C74H52N4O2. The molecule has 0 aliphatic rings. The molecule has 0 atom stereocenters. The number of nitrogens with zero attached hydrogens (tertiary/aromatic N) is 4. The lowest BCUT2D eigenvalue weighted by Gasteiger charge is -2.27. The summed E-state index contributed by atoms with van der Waals surface area (Å²) < 4.78 is 10.2. The van der Waals surface area contributed by atoms with Gasteiger partial charge in [0.15, 0.2) is 0 Å². The first kappa shape index (κ1) is 47.7. The van der Waals surface area contributed by atoms with E-state index in [1.54, 1.807) is 7.11 Å². The van der Waals surface area contributed by atoms with Crippen LogP contribution in [0.2, 0.25) is 0 Å². The minimum Gasteiger partial charge on any atom is -0.497 e. The highest BCUT2D eigenvalue weighted by molar-refractivity contribution is 6.12. The van der Waals surface area contributed by atoms with Crippen LogP contribution in [0.1, 0.15) is 10.4 Å². The van der Waals surface area contributed by atoms with Crippen LogP contribution in [0.25, 0.3) is 88.4 Å². The number of carbonyl (C=O) groups is 1. The second-order valence-electron chi connectivity index (χ2n) is 20.1. The third kappa shape index (κ3) is 8.62. The van der Waals surface area contributed by atoms with E-state index in [1.165, 1.54) is 27.1 Å². The number of para-hydroxylation sites is 4. The van der Waals surface area contributed by atoms with E-state index in [1.807, 2.05) is 36.4 Å². The number of carbonyl (C=O) groups excluding carboxylic acids is 1. The minimum atomic E-state index is 0.659. The highest BCUT2D eigenvalue weighted by Crippen LogP contribution is 2.44. The zero-order valence-electron chi connectivity index (χ0n) is 43.9. The second kappa shape index (κ2) is 20.4. The maximum Gasteiger partial charge on any atom is 0.150 e. The maximum atomic E-state index is 11.5. The summed E-state index contributed by atoms with van der Waals surface area (Å²) in [6.45, 7) is 0. The molecule has 0 saturated carbocycles. The molecule has 0 fully saturated rings. The van der Waals surface area contributed by atoms with Crippen LogP contribution in [-0.2, 0) is 0 Å². The molecular weight excluding hydrogens is 977 g/mol. The van der Waals surface area contributed by atoms with E-state index in [2.05, 4.69) is 274 Å². The lowest BCUT2D eigenvalue weighted by atomic mass is 10.0. The molecule has 80 heavy (non-hydrogen) atoms. The van der Waals surface area contributed by atoms with E-state index in [9.17, 15) is 4.79 Å². The second-order valence-corrected chi connectivity index (χ2v) is 20.1. The van der Waals surface area contributed by atoms with Gasteiger partial charge in [0.2, 0.25) is 0 Å². The van der Waals surface area contributed by atoms with Crippen LogP contribution in [0.15, 0.2) is 291 Å². The molecule has 0 spiro atoms. The number of hydrogen-bond acceptors (Lipinski definition) is 4. The smallest absolute Gasteiger partial charge is 0.150 e. The summed E-state index contributed by atoms with van der Waals surface area (Å²) in [4.78, 5) is 16.1. The van der Waals surface area contributed by atoms with Gasteiger partial charge in [0, 0.05) is 72.6 Å². The third-order valence-corrected chi connectivity index (χ3v) is 15.5. The van der Waals surface area contributed by atoms with Crippen molar-refractivity contribution < 1.29 is 9.53 Å². The van der Waals surface area contributed by atoms with Crippen molar-refractivity contribution in [2.24, 2.45) is 0 Å². The van der Waals surface area contributed by atoms with E-state index >= 15 is 0 Å². The quantitative estimate of drug-likeness (QED) is 0.108. The Morgan fingerprint density at radius 1 is 0.300 bits per heavy atom. The topological polar surface area (TPSA) is 42.6 Å². The number of anilines is 6. The number of hydrogen-bond donors (Lipinski definition) is 0. The normalized spacial score (nSPS) is 11.4. The van der Waals surface area contributed by atoms with Crippen LogP contribution in [0.3, 0.4) is 0 Å². The van der Waals surface area contributed by atoms with Crippen molar-refractivity contribution >= 4 is 84.0 Å². The Bertz CT molecular complexity index is 4530. The van der Waals surface area contributed by atoms with Crippen molar-refractivity contribution in [2.75, 3.05) is 16.9 Å². The molecule has 0 N–H and O–H groups in total. The summed E-state index contributed by atoms with van der Waals surface area (Å²) in [5.74, 6) is 0.836. The number of benzene rings is 12. The summed E-state index contributed by atoms with van der Waals surface area (Å²) in [6, 6.07) is 104. The van der Waals surface area contributed by atoms with Crippen LogP contribution in [-0.4, -0.2) is 22.5 Å². The standard InChI is InChI=1S/C74H52N4O2/c1-80-66-44-32-57(33-45-66)56-30-40-63(41-31-56)76(65-43-47-74-70(49-65)68-17-9-11-19-72(68)78(74)59-14-6-3-7-15-59)62-38-28-55(29-39-62)54-26-36-61(37-27-54)75(60-34-24-53(25-35-60)52-22-20-51(50-79)21-23-52)64-42-46-73-69(48-64)67-16-8-10-18-71(67)77(73)58-12-4-2-5-13-58/h2-50H,1H3. The summed E-state index contributed by atoms with van der Waals surface area (Å²) in [5, 5.41) is 4.77. The Balaban J connectivity index is 0.839. The molecule has 2 aromatic heterocycles. The van der Waals surface area contributed by atoms with Gasteiger partial charge in [-0.2, -0.15) is 0 Å². The number of ether oxygens (including phenoxy) is 1. The number of methoxy groups -OCH3 is 1. The Kier molecular flexibility index (Phi) is 12.1. The molecule has 12 aromatic carbocycles. The van der Waals surface area contributed by atoms with Gasteiger partial charge >= 0.3 is 0 Å². The summed E-state index contributed by atoms with van der Waals surface area (Å²) in [5.41, 5.74) is 20.4. The van der Waals surface area contributed by atoms with Gasteiger partial charge in [-0.25, -0.2) is 0 Å². The van der Waals surface area contributed by atoms with Crippen molar-refractivity contribution in [1.82, 2.24) is 9.13 Å². The molecule has 0 aliphatic carbocycles. The fraction of sp³-hybridized carbons (Fsp3) is 0.0135. The molecule has 14 aromatic rings. The van der Waals surface area contributed by atoms with E-state index in [-0.39, 0.29) is 0 Å². The van der Waals surface area contributed by atoms with Gasteiger partial charge in [0.05, 0.1) is 29.2 Å². The predicted molar refractivity (Wildman–Crippen MR) is 333 cm³/mol. The van der Waals surface area contributed by atoms with Crippen LogP contribution in [0, 0.1) is 0 Å². The number of aromatic nitrogens is 2. The van der Waals surface area contributed by atoms with E-state index in [0.717, 1.165) is 107 Å². The Labute approximate surface area is 464 Å². The highest BCUT2D eigenvalue weighted by Gasteiger charge is 2.21. The lowest BCUT2D eigenvalue weighted by molar-refractivity contribution is 0.112. The van der Waals surface area contributed by atoms with E-state index in [4.69, 9.17) is 4.74 Å². The van der Waals surface area contributed by atoms with Crippen molar-refractivity contribution in [1.29, 1.82) is 0 Å². The van der Waals surface area contributed by atoms with Crippen molar-refractivity contribution in [3.63, 3.8) is 0 Å². The van der Waals surface area contributed by atoms with E-state index in [0.29, 0.717) is 5.56 Å². The van der Waals surface area contributed by atoms with Gasteiger partial charge in [-0.3, -0.25) is 4.79 Å². The molecule has 14 rings (SSSR count). The van der Waals surface area contributed by atoms with Gasteiger partial charge in [-0.15, -0.1) is 0 Å². The first-order chi connectivity index (χ1) is 39.6. The Hall–Kier alpha value is -10.7. The molecule has 6 heteroatoms. The summed E-state index contributed by atoms with van der Waals surface area (Å²) in [6.07, 6.45) is 0.882. The predicted octanol–water partition coefficient (Wildman–Crippen LogP) is 19.6.